The summed E-state index contributed by atoms with van der Waals surface area (Å²) in [5.74, 6) is -0.190. The molecule has 2 amide bonds. The molecule has 2 aromatic rings. The van der Waals surface area contributed by atoms with Crippen LogP contribution in [0.2, 0.25) is 0 Å². The van der Waals surface area contributed by atoms with Crippen LogP contribution in [-0.2, 0) is 0 Å². The van der Waals surface area contributed by atoms with Crippen LogP contribution in [0.4, 0.5) is 5.69 Å². The number of amides is 2. The molecule has 1 aliphatic rings. The highest BCUT2D eigenvalue weighted by atomic mass is 32.2. The van der Waals surface area contributed by atoms with Gasteiger partial charge in [0.25, 0.3) is 11.8 Å². The van der Waals surface area contributed by atoms with Crippen molar-refractivity contribution in [1.29, 1.82) is 0 Å². The van der Waals surface area contributed by atoms with Crippen LogP contribution in [0.25, 0.3) is 0 Å². The normalized spacial score (nSPS) is 13.3. The highest BCUT2D eigenvalue weighted by molar-refractivity contribution is 7.99. The minimum Gasteiger partial charge on any atom is -0.351 e. The summed E-state index contributed by atoms with van der Waals surface area (Å²) in [5, 5.41) is 2.91. The van der Waals surface area contributed by atoms with E-state index in [0.717, 1.165) is 22.0 Å². The van der Waals surface area contributed by atoms with Gasteiger partial charge in [0.15, 0.2) is 0 Å². The number of fused-ring (bicyclic) bond motifs is 2. The topological polar surface area (TPSA) is 52.7 Å². The molecule has 0 saturated heterocycles. The third kappa shape index (κ3) is 3.70. The molecule has 3 rings (SSSR count). The number of nitrogens with one attached hydrogen (secondary N) is 1. The zero-order valence-electron chi connectivity index (χ0n) is 14.6. The van der Waals surface area contributed by atoms with Gasteiger partial charge in [-0.3, -0.25) is 9.59 Å². The van der Waals surface area contributed by atoms with Crippen LogP contribution in [0, 0.1) is 0 Å². The molecule has 25 heavy (non-hydrogen) atoms. The zero-order chi connectivity index (χ0) is 18.0. The van der Waals surface area contributed by atoms with Gasteiger partial charge in [-0.2, -0.15) is 0 Å². The fourth-order valence-electron chi connectivity index (χ4n) is 2.64. The lowest BCUT2D eigenvalue weighted by atomic mass is 10.1. The lowest BCUT2D eigenvalue weighted by Crippen LogP contribution is -2.31. The van der Waals surface area contributed by atoms with Gasteiger partial charge in [0.1, 0.15) is 0 Å². The minimum absolute atomic E-state index is 0.0629. The molecule has 1 heterocycles. The molecule has 0 bridgehead atoms. The Morgan fingerprint density at radius 2 is 1.92 bits per heavy atom. The van der Waals surface area contributed by atoms with Crippen molar-refractivity contribution in [2.75, 3.05) is 39.1 Å². The average Bonchev–Trinajstić information content (AvgIpc) is 2.70. The smallest absolute Gasteiger partial charge is 0.259 e. The van der Waals surface area contributed by atoms with Crippen molar-refractivity contribution < 1.29 is 9.59 Å². The second-order valence-corrected chi connectivity index (χ2v) is 7.29. The van der Waals surface area contributed by atoms with Crippen molar-refractivity contribution in [2.24, 2.45) is 0 Å². The first-order valence-corrected chi connectivity index (χ1v) is 8.91. The maximum atomic E-state index is 12.7. The second-order valence-electron chi connectivity index (χ2n) is 6.20. The molecule has 0 aliphatic carbocycles. The Hall–Kier alpha value is -2.31. The summed E-state index contributed by atoms with van der Waals surface area (Å²) in [6.07, 6.45) is 0. The quantitative estimate of drug-likeness (QED) is 0.916. The van der Waals surface area contributed by atoms with E-state index in [1.165, 1.54) is 0 Å². The van der Waals surface area contributed by atoms with Gasteiger partial charge >= 0.3 is 0 Å². The van der Waals surface area contributed by atoms with E-state index in [9.17, 15) is 9.59 Å². The number of carbonyl (C=O) groups is 2. The number of benzene rings is 2. The summed E-state index contributed by atoms with van der Waals surface area (Å²) in [6, 6.07) is 13.1. The van der Waals surface area contributed by atoms with E-state index in [-0.39, 0.29) is 11.8 Å². The molecule has 0 aromatic heterocycles. The molecule has 6 heteroatoms. The average molecular weight is 355 g/mol. The second kappa shape index (κ2) is 7.29. The SMILES string of the molecule is CN(C)CCNC(=O)c1ccc2c(c1)N(C)C(=O)c1ccccc1S2. The highest BCUT2D eigenvalue weighted by Gasteiger charge is 2.25. The Labute approximate surface area is 152 Å². The minimum atomic E-state index is -0.128. The van der Waals surface area contributed by atoms with Crippen LogP contribution in [0.15, 0.2) is 52.3 Å². The van der Waals surface area contributed by atoms with Crippen molar-refractivity contribution in [3.8, 4) is 0 Å². The van der Waals surface area contributed by atoms with E-state index in [1.54, 1.807) is 29.8 Å². The Kier molecular flexibility index (Phi) is 5.11. The zero-order valence-corrected chi connectivity index (χ0v) is 15.4. The number of nitrogens with zero attached hydrogens (tertiary/aromatic N) is 2. The van der Waals surface area contributed by atoms with Crippen molar-refractivity contribution in [1.82, 2.24) is 10.2 Å². The maximum Gasteiger partial charge on any atom is 0.259 e. The Morgan fingerprint density at radius 1 is 1.16 bits per heavy atom. The van der Waals surface area contributed by atoms with Crippen LogP contribution in [0.3, 0.4) is 0 Å². The predicted molar refractivity (Wildman–Crippen MR) is 101 cm³/mol. The van der Waals surface area contributed by atoms with E-state index in [4.69, 9.17) is 0 Å². The molecule has 0 radical (unpaired) electrons. The molecule has 0 atom stereocenters. The Bertz CT molecular complexity index is 820. The first kappa shape index (κ1) is 17.5. The van der Waals surface area contributed by atoms with E-state index >= 15 is 0 Å². The van der Waals surface area contributed by atoms with Gasteiger partial charge in [-0.15, -0.1) is 0 Å². The first-order valence-electron chi connectivity index (χ1n) is 8.09. The Morgan fingerprint density at radius 3 is 2.68 bits per heavy atom. The van der Waals surface area contributed by atoms with Crippen molar-refractivity contribution in [3.63, 3.8) is 0 Å². The third-order valence-corrected chi connectivity index (χ3v) is 5.21. The molecular formula is C19H21N3O2S. The summed E-state index contributed by atoms with van der Waals surface area (Å²) >= 11 is 1.55. The number of hydrogen-bond acceptors (Lipinski definition) is 4. The molecule has 0 fully saturated rings. The number of likely N-dealkylation sites (N-methyl/N-ethyl adjacent to an activating group) is 1. The van der Waals surface area contributed by atoms with E-state index < -0.39 is 0 Å². The highest BCUT2D eigenvalue weighted by Crippen LogP contribution is 2.41. The first-order chi connectivity index (χ1) is 12.0. The number of rotatable bonds is 4. The van der Waals surface area contributed by atoms with Crippen LogP contribution in [-0.4, -0.2) is 50.9 Å². The van der Waals surface area contributed by atoms with E-state index in [1.807, 2.05) is 55.4 Å². The van der Waals surface area contributed by atoms with Crippen LogP contribution >= 0.6 is 11.8 Å². The van der Waals surface area contributed by atoms with Crippen molar-refractivity contribution in [2.45, 2.75) is 9.79 Å². The van der Waals surface area contributed by atoms with E-state index in [2.05, 4.69) is 5.32 Å². The number of anilines is 1. The Balaban J connectivity index is 1.88. The lowest BCUT2D eigenvalue weighted by Gasteiger charge is -2.18. The standard InChI is InChI=1S/C19H21N3O2S/c1-21(2)11-10-20-18(23)13-8-9-17-15(12-13)22(3)19(24)14-6-4-5-7-16(14)25-17/h4-9,12H,10-11H2,1-3H3,(H,20,23). The number of carbonyl (C=O) groups excluding carboxylic acids is 2. The van der Waals surface area contributed by atoms with Gasteiger partial charge in [0.05, 0.1) is 11.3 Å². The molecule has 5 nitrogen and oxygen atoms in total. The third-order valence-electron chi connectivity index (χ3n) is 4.07. The monoisotopic (exact) mass is 355 g/mol. The molecule has 130 valence electrons. The molecule has 0 spiro atoms. The maximum absolute atomic E-state index is 12.7. The molecule has 2 aromatic carbocycles. The molecular weight excluding hydrogens is 334 g/mol. The van der Waals surface area contributed by atoms with Crippen LogP contribution in [0.1, 0.15) is 20.7 Å². The largest absolute Gasteiger partial charge is 0.351 e. The summed E-state index contributed by atoms with van der Waals surface area (Å²) in [4.78, 5) is 30.6. The van der Waals surface area contributed by atoms with Crippen molar-refractivity contribution >= 4 is 29.3 Å². The molecule has 0 unspecified atom stereocenters. The molecule has 1 aliphatic heterocycles. The van der Waals surface area contributed by atoms with E-state index in [0.29, 0.717) is 17.7 Å². The van der Waals surface area contributed by atoms with Crippen LogP contribution in [0.5, 0.6) is 0 Å². The van der Waals surface area contributed by atoms with Crippen LogP contribution < -0.4 is 10.2 Å². The van der Waals surface area contributed by atoms with Gasteiger partial charge < -0.3 is 15.1 Å². The summed E-state index contributed by atoms with van der Waals surface area (Å²) < 4.78 is 0. The van der Waals surface area contributed by atoms with Gasteiger partial charge in [-0.05, 0) is 44.4 Å². The predicted octanol–water partition coefficient (Wildman–Crippen LogP) is 2.72. The van der Waals surface area contributed by atoms with Gasteiger partial charge in [-0.25, -0.2) is 0 Å². The summed E-state index contributed by atoms with van der Waals surface area (Å²) in [5.41, 5.74) is 2.00. The summed E-state index contributed by atoms with van der Waals surface area (Å²) in [7, 11) is 5.67. The fraction of sp³-hybridized carbons (Fsp3) is 0.263. The van der Waals surface area contributed by atoms with Gasteiger partial charge in [0, 0.05) is 35.5 Å². The lowest BCUT2D eigenvalue weighted by molar-refractivity contribution is 0.0948. The van der Waals surface area contributed by atoms with Gasteiger partial charge in [-0.1, -0.05) is 23.9 Å². The van der Waals surface area contributed by atoms with Gasteiger partial charge in [0.2, 0.25) is 0 Å². The molecule has 0 saturated carbocycles. The fourth-order valence-corrected chi connectivity index (χ4v) is 3.73. The molecule has 1 N–H and O–H groups in total. The summed E-state index contributed by atoms with van der Waals surface area (Å²) in [6.45, 7) is 1.36. The van der Waals surface area contributed by atoms with Crippen molar-refractivity contribution in [3.05, 3.63) is 53.6 Å². The number of hydrogen-bond donors (Lipinski definition) is 1.